The van der Waals surface area contributed by atoms with Gasteiger partial charge in [-0.05, 0) is 47.5 Å². The van der Waals surface area contributed by atoms with E-state index in [1.807, 2.05) is 0 Å². The Bertz CT molecular complexity index is 1090. The molecule has 4 N–H and O–H groups in total. The predicted molar refractivity (Wildman–Crippen MR) is 114 cm³/mol. The molecule has 0 radical (unpaired) electrons. The lowest BCUT2D eigenvalue weighted by atomic mass is 9.78. The molecule has 4 rings (SSSR count). The van der Waals surface area contributed by atoms with Crippen LogP contribution >= 0.6 is 0 Å². The van der Waals surface area contributed by atoms with Crippen LogP contribution in [0.2, 0.25) is 0 Å². The molecule has 2 aliphatic carbocycles. The molecule has 0 aliphatic heterocycles. The van der Waals surface area contributed by atoms with Crippen molar-refractivity contribution in [3.05, 3.63) is 94.4 Å². The number of hydrogen-bond donors (Lipinski definition) is 2. The van der Waals surface area contributed by atoms with E-state index in [1.54, 1.807) is 62.8 Å². The van der Waals surface area contributed by atoms with Crippen LogP contribution in [-0.2, 0) is 9.59 Å². The Balaban J connectivity index is 1.79. The lowest BCUT2D eigenvalue weighted by molar-refractivity contribution is -0.113. The summed E-state index contributed by atoms with van der Waals surface area (Å²) in [7, 11) is 3.14. The third-order valence-electron chi connectivity index (χ3n) is 5.17. The van der Waals surface area contributed by atoms with Gasteiger partial charge in [0.05, 0.1) is 25.4 Å². The molecule has 0 unspecified atom stereocenters. The molecule has 2 aliphatic rings. The van der Waals surface area contributed by atoms with Crippen molar-refractivity contribution in [2.45, 2.75) is 0 Å². The first-order chi connectivity index (χ1) is 14.4. The molecule has 0 atom stereocenters. The lowest BCUT2D eigenvalue weighted by Crippen LogP contribution is -2.28. The summed E-state index contributed by atoms with van der Waals surface area (Å²) in [6.45, 7) is 0. The first-order valence-corrected chi connectivity index (χ1v) is 9.26. The molecule has 0 saturated heterocycles. The molecule has 0 fully saturated rings. The Morgan fingerprint density at radius 3 is 1.23 bits per heavy atom. The number of benzene rings is 2. The minimum Gasteiger partial charge on any atom is -0.497 e. The zero-order chi connectivity index (χ0) is 21.4. The molecule has 0 heterocycles. The zero-order valence-electron chi connectivity index (χ0n) is 16.6. The number of ether oxygens (including phenoxy) is 2. The van der Waals surface area contributed by atoms with Gasteiger partial charge in [-0.2, -0.15) is 0 Å². The Hall–Kier alpha value is -4.06. The summed E-state index contributed by atoms with van der Waals surface area (Å²) in [6.07, 6.45) is 3.07. The first-order valence-electron chi connectivity index (χ1n) is 9.26. The van der Waals surface area contributed by atoms with E-state index < -0.39 is 0 Å². The number of carbonyl (C=O) groups excluding carboxylic acids is 2. The van der Waals surface area contributed by atoms with E-state index in [2.05, 4.69) is 0 Å². The average molecular weight is 400 g/mol. The van der Waals surface area contributed by atoms with Crippen LogP contribution in [0.4, 0.5) is 0 Å². The fraction of sp³-hybridized carbons (Fsp3) is 0.0833. The SMILES string of the molecule is COc1ccc(C2=CC(N)=C3C(=O)C(c4ccc(OC)cc4)=CC(N)=C3C2=O)cc1. The number of allylic oxidation sites excluding steroid dienone is 6. The quantitative estimate of drug-likeness (QED) is 0.818. The molecule has 2 aromatic rings. The largest absolute Gasteiger partial charge is 0.497 e. The van der Waals surface area contributed by atoms with E-state index in [9.17, 15) is 9.59 Å². The van der Waals surface area contributed by atoms with Crippen LogP contribution in [0, 0.1) is 0 Å². The van der Waals surface area contributed by atoms with Gasteiger partial charge in [-0.25, -0.2) is 0 Å². The zero-order valence-corrected chi connectivity index (χ0v) is 16.6. The third-order valence-corrected chi connectivity index (χ3v) is 5.17. The molecule has 0 aromatic heterocycles. The van der Waals surface area contributed by atoms with Crippen LogP contribution in [-0.4, -0.2) is 25.8 Å². The molecule has 0 spiro atoms. The van der Waals surface area contributed by atoms with Crippen molar-refractivity contribution in [1.82, 2.24) is 0 Å². The second kappa shape index (κ2) is 7.40. The van der Waals surface area contributed by atoms with Gasteiger partial charge in [0.2, 0.25) is 0 Å². The van der Waals surface area contributed by atoms with Gasteiger partial charge in [0.15, 0.2) is 11.6 Å². The molecule has 0 amide bonds. The molecule has 150 valence electrons. The smallest absolute Gasteiger partial charge is 0.196 e. The Labute approximate surface area is 173 Å². The van der Waals surface area contributed by atoms with E-state index in [0.717, 1.165) is 0 Å². The van der Waals surface area contributed by atoms with Crippen molar-refractivity contribution in [1.29, 1.82) is 0 Å². The van der Waals surface area contributed by atoms with E-state index >= 15 is 0 Å². The summed E-state index contributed by atoms with van der Waals surface area (Å²) in [5.74, 6) is 0.677. The molecular weight excluding hydrogens is 380 g/mol. The minimum atomic E-state index is -0.333. The number of ketones is 2. The van der Waals surface area contributed by atoms with Crippen LogP contribution < -0.4 is 20.9 Å². The standard InChI is InChI=1S/C24H20N2O4/c1-29-15-7-3-13(4-8-15)17-11-19(25)22-21(23(17)27)20(26)12-18(24(22)28)14-5-9-16(30-2)10-6-14/h3-12H,25-26H2,1-2H3. The molecule has 6 heteroatoms. The van der Waals surface area contributed by atoms with Crippen LogP contribution in [0.3, 0.4) is 0 Å². The maximum absolute atomic E-state index is 13.2. The predicted octanol–water partition coefficient (Wildman–Crippen LogP) is 2.76. The molecule has 2 aromatic carbocycles. The molecule has 6 nitrogen and oxygen atoms in total. The van der Waals surface area contributed by atoms with Crippen LogP contribution in [0.25, 0.3) is 11.1 Å². The van der Waals surface area contributed by atoms with E-state index in [4.69, 9.17) is 20.9 Å². The summed E-state index contributed by atoms with van der Waals surface area (Å²) in [6, 6.07) is 14.1. The molecule has 0 saturated carbocycles. The Kier molecular flexibility index (Phi) is 4.75. The maximum atomic E-state index is 13.2. The van der Waals surface area contributed by atoms with Crippen LogP contribution in [0.5, 0.6) is 11.5 Å². The van der Waals surface area contributed by atoms with Crippen molar-refractivity contribution in [2.75, 3.05) is 14.2 Å². The van der Waals surface area contributed by atoms with Gasteiger partial charge in [0.1, 0.15) is 11.5 Å². The van der Waals surface area contributed by atoms with E-state index in [1.165, 1.54) is 12.2 Å². The van der Waals surface area contributed by atoms with Gasteiger partial charge in [-0.15, -0.1) is 0 Å². The summed E-state index contributed by atoms with van der Waals surface area (Å²) in [5, 5.41) is 0. The number of hydrogen-bond acceptors (Lipinski definition) is 6. The maximum Gasteiger partial charge on any atom is 0.196 e. The van der Waals surface area contributed by atoms with Gasteiger partial charge in [0.25, 0.3) is 0 Å². The monoisotopic (exact) mass is 400 g/mol. The van der Waals surface area contributed by atoms with Gasteiger partial charge in [0, 0.05) is 22.5 Å². The average Bonchev–Trinajstić information content (AvgIpc) is 2.77. The highest BCUT2D eigenvalue weighted by Gasteiger charge is 2.36. The van der Waals surface area contributed by atoms with E-state index in [0.29, 0.717) is 33.8 Å². The lowest BCUT2D eigenvalue weighted by Gasteiger charge is -2.25. The number of rotatable bonds is 4. The van der Waals surface area contributed by atoms with E-state index in [-0.39, 0.29) is 34.1 Å². The van der Waals surface area contributed by atoms with Crippen molar-refractivity contribution in [3.8, 4) is 11.5 Å². The van der Waals surface area contributed by atoms with Crippen molar-refractivity contribution >= 4 is 22.7 Å². The fourth-order valence-electron chi connectivity index (χ4n) is 3.60. The van der Waals surface area contributed by atoms with Crippen molar-refractivity contribution in [2.24, 2.45) is 11.5 Å². The summed E-state index contributed by atoms with van der Waals surface area (Å²) in [4.78, 5) is 26.4. The number of carbonyl (C=O) groups is 2. The first kappa shape index (κ1) is 19.3. The molecular formula is C24H20N2O4. The Morgan fingerprint density at radius 2 is 0.933 bits per heavy atom. The molecule has 0 bridgehead atoms. The second-order valence-corrected chi connectivity index (χ2v) is 6.89. The van der Waals surface area contributed by atoms with Crippen molar-refractivity contribution in [3.63, 3.8) is 0 Å². The Morgan fingerprint density at radius 1 is 0.600 bits per heavy atom. The minimum absolute atomic E-state index is 0.142. The number of nitrogens with two attached hydrogens (primary N) is 2. The van der Waals surface area contributed by atoms with Gasteiger partial charge < -0.3 is 20.9 Å². The van der Waals surface area contributed by atoms with Crippen LogP contribution in [0.15, 0.2) is 83.2 Å². The fourth-order valence-corrected chi connectivity index (χ4v) is 3.60. The highest BCUT2D eigenvalue weighted by atomic mass is 16.5. The van der Waals surface area contributed by atoms with Gasteiger partial charge >= 0.3 is 0 Å². The number of methoxy groups -OCH3 is 2. The summed E-state index contributed by atoms with van der Waals surface area (Å²) >= 11 is 0. The van der Waals surface area contributed by atoms with Gasteiger partial charge in [-0.1, -0.05) is 24.3 Å². The highest BCUT2D eigenvalue weighted by molar-refractivity contribution is 6.42. The normalized spacial score (nSPS) is 16.2. The summed E-state index contributed by atoms with van der Waals surface area (Å²) in [5.41, 5.74) is 15.3. The topological polar surface area (TPSA) is 105 Å². The number of fused-ring (bicyclic) bond motifs is 1. The van der Waals surface area contributed by atoms with Gasteiger partial charge in [-0.3, -0.25) is 9.59 Å². The summed E-state index contributed by atoms with van der Waals surface area (Å²) < 4.78 is 10.3. The third kappa shape index (κ3) is 3.08. The molecule has 30 heavy (non-hydrogen) atoms. The van der Waals surface area contributed by atoms with Crippen molar-refractivity contribution < 1.29 is 19.1 Å². The number of Topliss-reactive ketones (excluding diaryl/α,β-unsaturated/α-hetero) is 2. The van der Waals surface area contributed by atoms with Crippen LogP contribution in [0.1, 0.15) is 11.1 Å². The highest BCUT2D eigenvalue weighted by Crippen LogP contribution is 2.38. The second-order valence-electron chi connectivity index (χ2n) is 6.89.